The first-order valence-electron chi connectivity index (χ1n) is 9.44. The summed E-state index contributed by atoms with van der Waals surface area (Å²) in [5.74, 6) is 0. The highest BCUT2D eigenvalue weighted by Gasteiger charge is 2.28. The van der Waals surface area contributed by atoms with Gasteiger partial charge in [0.2, 0.25) is 0 Å². The Kier molecular flexibility index (Phi) is 5.84. The molecule has 0 aliphatic carbocycles. The standard InChI is InChI=1S/C23H22BrN3O/c24-21-13-19(22-10-4-5-11-25-22)15-27(23(21)17-28)20-9-6-12-26(16-20)14-18-7-2-1-3-8-18/h1-5,7-11,13,15,17,23H,6,12,14,16H2. The molecular formula is C23H22BrN3O. The molecule has 4 nitrogen and oxygen atoms in total. The van der Waals surface area contributed by atoms with Gasteiger partial charge in [-0.3, -0.25) is 9.88 Å². The Morgan fingerprint density at radius 3 is 2.71 bits per heavy atom. The molecule has 142 valence electrons. The highest BCUT2D eigenvalue weighted by atomic mass is 79.9. The van der Waals surface area contributed by atoms with Gasteiger partial charge in [-0.2, -0.15) is 0 Å². The van der Waals surface area contributed by atoms with E-state index in [1.807, 2.05) is 36.5 Å². The van der Waals surface area contributed by atoms with Gasteiger partial charge in [-0.25, -0.2) is 0 Å². The number of hydrogen-bond acceptors (Lipinski definition) is 4. The molecule has 3 heterocycles. The molecule has 1 aromatic heterocycles. The van der Waals surface area contributed by atoms with Crippen molar-refractivity contribution in [2.24, 2.45) is 0 Å². The fraction of sp³-hybridized carbons (Fsp3) is 0.217. The normalized spacial score (nSPS) is 20.2. The van der Waals surface area contributed by atoms with E-state index < -0.39 is 0 Å². The van der Waals surface area contributed by atoms with Crippen LogP contribution in [0.15, 0.2) is 83.3 Å². The van der Waals surface area contributed by atoms with Gasteiger partial charge in [0.1, 0.15) is 12.3 Å². The fourth-order valence-corrected chi connectivity index (χ4v) is 4.23. The Balaban J connectivity index is 1.58. The second-order valence-electron chi connectivity index (χ2n) is 7.00. The van der Waals surface area contributed by atoms with E-state index in [1.165, 1.54) is 5.56 Å². The molecule has 0 saturated heterocycles. The van der Waals surface area contributed by atoms with E-state index in [4.69, 9.17) is 0 Å². The van der Waals surface area contributed by atoms with E-state index in [0.717, 1.165) is 53.8 Å². The van der Waals surface area contributed by atoms with E-state index in [0.29, 0.717) is 0 Å². The zero-order chi connectivity index (χ0) is 19.3. The van der Waals surface area contributed by atoms with E-state index in [9.17, 15) is 4.79 Å². The number of benzene rings is 1. The molecular weight excluding hydrogens is 414 g/mol. The summed E-state index contributed by atoms with van der Waals surface area (Å²) in [4.78, 5) is 20.8. The SMILES string of the molecule is O=CC1C(Br)=CC(c2ccccn2)=CN1C1=CCCN(Cc2ccccc2)C1. The van der Waals surface area contributed by atoms with Crippen LogP contribution in [0.3, 0.4) is 0 Å². The number of hydrogen-bond donors (Lipinski definition) is 0. The molecule has 0 bridgehead atoms. The van der Waals surface area contributed by atoms with Crippen molar-refractivity contribution in [1.29, 1.82) is 0 Å². The molecule has 2 aromatic rings. The van der Waals surface area contributed by atoms with E-state index in [2.05, 4.69) is 61.1 Å². The van der Waals surface area contributed by atoms with Crippen LogP contribution in [0.4, 0.5) is 0 Å². The first-order valence-corrected chi connectivity index (χ1v) is 10.2. The predicted octanol–water partition coefficient (Wildman–Crippen LogP) is 4.37. The van der Waals surface area contributed by atoms with Crippen molar-refractivity contribution >= 4 is 27.8 Å². The lowest BCUT2D eigenvalue weighted by atomic mass is 10.0. The number of carbonyl (C=O) groups excluding carboxylic acids is 1. The van der Waals surface area contributed by atoms with Crippen molar-refractivity contribution in [2.75, 3.05) is 13.1 Å². The number of allylic oxidation sites excluding steroid dienone is 2. The maximum absolute atomic E-state index is 11.8. The van der Waals surface area contributed by atoms with Crippen molar-refractivity contribution in [3.05, 3.63) is 94.5 Å². The van der Waals surface area contributed by atoms with Crippen LogP contribution in [0.2, 0.25) is 0 Å². The number of pyridine rings is 1. The molecule has 1 aromatic carbocycles. The van der Waals surface area contributed by atoms with Gasteiger partial charge >= 0.3 is 0 Å². The molecule has 0 amide bonds. The summed E-state index contributed by atoms with van der Waals surface area (Å²) in [7, 11) is 0. The van der Waals surface area contributed by atoms with Gasteiger partial charge in [0.15, 0.2) is 0 Å². The molecule has 0 saturated carbocycles. The van der Waals surface area contributed by atoms with Gasteiger partial charge in [0.05, 0.1) is 5.69 Å². The van der Waals surface area contributed by atoms with E-state index >= 15 is 0 Å². The molecule has 28 heavy (non-hydrogen) atoms. The number of aromatic nitrogens is 1. The number of rotatable bonds is 5. The first-order chi connectivity index (χ1) is 13.7. The third-order valence-corrected chi connectivity index (χ3v) is 5.73. The van der Waals surface area contributed by atoms with Crippen LogP contribution < -0.4 is 0 Å². The van der Waals surface area contributed by atoms with Crippen LogP contribution >= 0.6 is 15.9 Å². The Labute approximate surface area is 174 Å². The Hall–Kier alpha value is -2.50. The summed E-state index contributed by atoms with van der Waals surface area (Å²) in [6.07, 6.45) is 10.0. The Bertz CT molecular complexity index is 921. The Morgan fingerprint density at radius 1 is 1.14 bits per heavy atom. The molecule has 0 radical (unpaired) electrons. The molecule has 1 unspecified atom stereocenters. The highest BCUT2D eigenvalue weighted by Crippen LogP contribution is 2.32. The third kappa shape index (κ3) is 4.16. The summed E-state index contributed by atoms with van der Waals surface area (Å²) in [6, 6.07) is 16.0. The minimum Gasteiger partial charge on any atom is -0.335 e. The third-order valence-electron chi connectivity index (χ3n) is 5.03. The van der Waals surface area contributed by atoms with Crippen LogP contribution in [0, 0.1) is 0 Å². The lowest BCUT2D eigenvalue weighted by molar-refractivity contribution is -0.110. The minimum atomic E-state index is -0.338. The molecule has 2 aliphatic rings. The van der Waals surface area contributed by atoms with Crippen LogP contribution in [0.1, 0.15) is 17.7 Å². The van der Waals surface area contributed by atoms with Crippen LogP contribution in [-0.2, 0) is 11.3 Å². The van der Waals surface area contributed by atoms with Gasteiger partial charge in [-0.05, 0) is 30.2 Å². The molecule has 0 spiro atoms. The van der Waals surface area contributed by atoms with Gasteiger partial charge in [0, 0.05) is 47.8 Å². The maximum Gasteiger partial charge on any atom is 0.147 e. The second kappa shape index (κ2) is 8.67. The molecule has 5 heteroatoms. The van der Waals surface area contributed by atoms with E-state index in [1.54, 1.807) is 6.20 Å². The number of aldehydes is 1. The summed E-state index contributed by atoms with van der Waals surface area (Å²) >= 11 is 3.61. The monoisotopic (exact) mass is 435 g/mol. The molecule has 0 fully saturated rings. The van der Waals surface area contributed by atoms with Gasteiger partial charge in [0.25, 0.3) is 0 Å². The smallest absolute Gasteiger partial charge is 0.147 e. The van der Waals surface area contributed by atoms with Crippen molar-refractivity contribution < 1.29 is 4.79 Å². The largest absolute Gasteiger partial charge is 0.335 e. The molecule has 2 aliphatic heterocycles. The zero-order valence-corrected chi connectivity index (χ0v) is 17.1. The van der Waals surface area contributed by atoms with Gasteiger partial charge < -0.3 is 9.69 Å². The average molecular weight is 436 g/mol. The van der Waals surface area contributed by atoms with Crippen LogP contribution in [-0.4, -0.2) is 40.2 Å². The maximum atomic E-state index is 11.8. The van der Waals surface area contributed by atoms with Gasteiger partial charge in [-0.15, -0.1) is 0 Å². The van der Waals surface area contributed by atoms with Crippen LogP contribution in [0.5, 0.6) is 0 Å². The highest BCUT2D eigenvalue weighted by molar-refractivity contribution is 9.11. The summed E-state index contributed by atoms with van der Waals surface area (Å²) in [5, 5.41) is 0. The molecule has 1 atom stereocenters. The second-order valence-corrected chi connectivity index (χ2v) is 7.91. The number of halogens is 1. The lowest BCUT2D eigenvalue weighted by Crippen LogP contribution is -2.40. The molecule has 4 rings (SSSR count). The van der Waals surface area contributed by atoms with Crippen LogP contribution in [0.25, 0.3) is 5.57 Å². The minimum absolute atomic E-state index is 0.338. The first kappa shape index (κ1) is 18.8. The van der Waals surface area contributed by atoms with Crippen molar-refractivity contribution in [1.82, 2.24) is 14.8 Å². The summed E-state index contributed by atoms with van der Waals surface area (Å²) in [6.45, 7) is 2.74. The Morgan fingerprint density at radius 2 is 1.96 bits per heavy atom. The van der Waals surface area contributed by atoms with Crippen molar-refractivity contribution in [3.63, 3.8) is 0 Å². The number of carbonyl (C=O) groups is 1. The predicted molar refractivity (Wildman–Crippen MR) is 115 cm³/mol. The van der Waals surface area contributed by atoms with Crippen molar-refractivity contribution in [2.45, 2.75) is 19.0 Å². The summed E-state index contributed by atoms with van der Waals surface area (Å²) in [5.41, 5.74) is 4.34. The fourth-order valence-electron chi connectivity index (χ4n) is 3.65. The van der Waals surface area contributed by atoms with Gasteiger partial charge in [-0.1, -0.05) is 58.4 Å². The summed E-state index contributed by atoms with van der Waals surface area (Å²) < 4.78 is 0.853. The molecule has 0 N–H and O–H groups in total. The van der Waals surface area contributed by atoms with E-state index in [-0.39, 0.29) is 6.04 Å². The number of nitrogens with zero attached hydrogens (tertiary/aromatic N) is 3. The lowest BCUT2D eigenvalue weighted by Gasteiger charge is -2.37. The average Bonchev–Trinajstić information content (AvgIpc) is 2.75. The van der Waals surface area contributed by atoms with Crippen molar-refractivity contribution in [3.8, 4) is 0 Å². The zero-order valence-electron chi connectivity index (χ0n) is 15.5. The quantitative estimate of drug-likeness (QED) is 0.653. The topological polar surface area (TPSA) is 36.4 Å².